The number of nitrogens with two attached hydrogens (primary N) is 1. The molecule has 2 unspecified atom stereocenters. The molecule has 0 aliphatic carbocycles. The molecular weight excluding hydrogens is 329 g/mol. The third kappa shape index (κ3) is 3.36. The summed E-state index contributed by atoms with van der Waals surface area (Å²) in [7, 11) is 0. The molecule has 3 rings (SSSR count). The van der Waals surface area contributed by atoms with Gasteiger partial charge in [0.05, 0.1) is 9.75 Å². The van der Waals surface area contributed by atoms with E-state index in [1.807, 2.05) is 0 Å². The fraction of sp³-hybridized carbons (Fsp3) is 0.600. The number of carbonyl (C=O) groups is 2. The average molecular weight is 346 g/mol. The first-order valence-corrected chi connectivity index (χ1v) is 8.35. The maximum Gasteiger partial charge on any atom is 0.389 e. The minimum absolute atomic E-state index is 0.132. The molecule has 2 bridgehead atoms. The lowest BCUT2D eigenvalue weighted by Gasteiger charge is -2.39. The molecule has 2 N–H and O–H groups in total. The topological polar surface area (TPSA) is 63.4 Å². The highest BCUT2D eigenvalue weighted by Crippen LogP contribution is 2.43. The molecule has 2 atom stereocenters. The van der Waals surface area contributed by atoms with Crippen LogP contribution >= 0.6 is 11.3 Å². The fourth-order valence-electron chi connectivity index (χ4n) is 3.83. The van der Waals surface area contributed by atoms with Gasteiger partial charge in [0, 0.05) is 18.5 Å². The normalized spacial score (nSPS) is 27.3. The number of halogens is 3. The van der Waals surface area contributed by atoms with Crippen LogP contribution in [-0.4, -0.2) is 35.0 Å². The van der Waals surface area contributed by atoms with E-state index in [0.717, 1.165) is 24.2 Å². The standard InChI is InChI=1S/C15H17F3N2O2S/c16-15(17,18)7-8-5-9-1-2-10(6-8)20(9)14(22)12-4-3-11(23-12)13(19)21/h3-4,8-10H,1-2,5-7H2,(H2,19,21). The van der Waals surface area contributed by atoms with E-state index in [9.17, 15) is 22.8 Å². The molecule has 1 aromatic heterocycles. The van der Waals surface area contributed by atoms with E-state index in [1.54, 1.807) is 11.0 Å². The summed E-state index contributed by atoms with van der Waals surface area (Å²) < 4.78 is 37.8. The SMILES string of the molecule is NC(=O)c1ccc(C(=O)N2C3CCC2CC(CC(F)(F)F)C3)s1. The van der Waals surface area contributed by atoms with Gasteiger partial charge in [-0.25, -0.2) is 0 Å². The molecule has 0 radical (unpaired) electrons. The summed E-state index contributed by atoms with van der Waals surface area (Å²) in [6, 6.07) is 2.81. The van der Waals surface area contributed by atoms with Crippen molar-refractivity contribution in [2.45, 2.75) is 50.4 Å². The Kier molecular flexibility index (Phi) is 4.12. The molecule has 8 heteroatoms. The van der Waals surface area contributed by atoms with Gasteiger partial charge in [-0.3, -0.25) is 9.59 Å². The Bertz CT molecular complexity index is 614. The third-order valence-corrected chi connectivity index (χ3v) is 5.73. The largest absolute Gasteiger partial charge is 0.389 e. The second-order valence-corrected chi connectivity index (χ2v) is 7.37. The number of hydrogen-bond acceptors (Lipinski definition) is 3. The second kappa shape index (κ2) is 5.81. The Morgan fingerprint density at radius 2 is 1.74 bits per heavy atom. The molecule has 2 saturated heterocycles. The summed E-state index contributed by atoms with van der Waals surface area (Å²) in [5.41, 5.74) is 5.19. The lowest BCUT2D eigenvalue weighted by molar-refractivity contribution is -0.148. The number of amides is 2. The summed E-state index contributed by atoms with van der Waals surface area (Å²) >= 11 is 1.04. The minimum atomic E-state index is -4.15. The van der Waals surface area contributed by atoms with Crippen molar-refractivity contribution in [3.05, 3.63) is 21.9 Å². The van der Waals surface area contributed by atoms with Gasteiger partial charge < -0.3 is 10.6 Å². The number of carbonyl (C=O) groups excluding carboxylic acids is 2. The van der Waals surface area contributed by atoms with E-state index in [2.05, 4.69) is 0 Å². The summed E-state index contributed by atoms with van der Waals surface area (Å²) in [6.07, 6.45) is -2.63. The van der Waals surface area contributed by atoms with Gasteiger partial charge in [0.25, 0.3) is 11.8 Å². The first kappa shape index (κ1) is 16.3. The Morgan fingerprint density at radius 1 is 1.17 bits per heavy atom. The van der Waals surface area contributed by atoms with Crippen molar-refractivity contribution in [2.24, 2.45) is 11.7 Å². The van der Waals surface area contributed by atoms with E-state index in [4.69, 9.17) is 5.73 Å². The van der Waals surface area contributed by atoms with E-state index in [-0.39, 0.29) is 18.0 Å². The molecule has 126 valence electrons. The predicted molar refractivity (Wildman–Crippen MR) is 79.2 cm³/mol. The zero-order valence-electron chi connectivity index (χ0n) is 12.3. The van der Waals surface area contributed by atoms with E-state index < -0.39 is 24.4 Å². The van der Waals surface area contributed by atoms with Gasteiger partial charge in [-0.05, 0) is 43.7 Å². The van der Waals surface area contributed by atoms with E-state index >= 15 is 0 Å². The van der Waals surface area contributed by atoms with Crippen molar-refractivity contribution in [2.75, 3.05) is 0 Å². The van der Waals surface area contributed by atoms with Crippen LogP contribution in [0.3, 0.4) is 0 Å². The van der Waals surface area contributed by atoms with Gasteiger partial charge in [-0.15, -0.1) is 11.3 Å². The third-order valence-electron chi connectivity index (χ3n) is 4.64. The highest BCUT2D eigenvalue weighted by molar-refractivity contribution is 7.15. The number of thiophene rings is 1. The van der Waals surface area contributed by atoms with Crippen LogP contribution in [0.15, 0.2) is 12.1 Å². The smallest absolute Gasteiger partial charge is 0.365 e. The number of fused-ring (bicyclic) bond motifs is 2. The molecule has 1 aromatic rings. The fourth-order valence-corrected chi connectivity index (χ4v) is 4.63. The minimum Gasteiger partial charge on any atom is -0.365 e. The molecule has 0 aromatic carbocycles. The first-order chi connectivity index (χ1) is 10.7. The Labute approximate surface area is 135 Å². The summed E-state index contributed by atoms with van der Waals surface area (Å²) in [6.45, 7) is 0. The van der Waals surface area contributed by atoms with Crippen molar-refractivity contribution in [3.63, 3.8) is 0 Å². The summed E-state index contributed by atoms with van der Waals surface area (Å²) in [5, 5.41) is 0. The van der Waals surface area contributed by atoms with Crippen LogP contribution < -0.4 is 5.73 Å². The van der Waals surface area contributed by atoms with Crippen LogP contribution in [0.2, 0.25) is 0 Å². The number of primary amides is 1. The number of alkyl halides is 3. The lowest BCUT2D eigenvalue weighted by atomic mass is 9.88. The highest BCUT2D eigenvalue weighted by Gasteiger charge is 2.46. The zero-order valence-corrected chi connectivity index (χ0v) is 13.1. The van der Waals surface area contributed by atoms with Gasteiger partial charge >= 0.3 is 6.18 Å². The molecular formula is C15H17F3N2O2S. The maximum absolute atomic E-state index is 12.7. The Balaban J connectivity index is 1.72. The van der Waals surface area contributed by atoms with Crippen molar-refractivity contribution < 1.29 is 22.8 Å². The van der Waals surface area contributed by atoms with Crippen LogP contribution in [0, 0.1) is 5.92 Å². The van der Waals surface area contributed by atoms with Crippen LogP contribution in [0.1, 0.15) is 51.4 Å². The molecule has 0 spiro atoms. The Hall–Kier alpha value is -1.57. The highest BCUT2D eigenvalue weighted by atomic mass is 32.1. The van der Waals surface area contributed by atoms with Gasteiger partial charge in [-0.2, -0.15) is 13.2 Å². The Morgan fingerprint density at radius 3 is 2.22 bits per heavy atom. The van der Waals surface area contributed by atoms with Crippen molar-refractivity contribution >= 4 is 23.2 Å². The number of rotatable bonds is 3. The molecule has 2 aliphatic heterocycles. The summed E-state index contributed by atoms with van der Waals surface area (Å²) in [5.74, 6) is -1.18. The predicted octanol–water partition coefficient (Wildman–Crippen LogP) is 3.18. The molecule has 23 heavy (non-hydrogen) atoms. The lowest BCUT2D eigenvalue weighted by Crippen LogP contribution is -2.46. The van der Waals surface area contributed by atoms with Gasteiger partial charge in [0.2, 0.25) is 0 Å². The zero-order chi connectivity index (χ0) is 16.8. The van der Waals surface area contributed by atoms with Gasteiger partial charge in [0.1, 0.15) is 0 Å². The number of piperidine rings is 1. The van der Waals surface area contributed by atoms with Gasteiger partial charge in [-0.1, -0.05) is 0 Å². The van der Waals surface area contributed by atoms with E-state index in [0.29, 0.717) is 22.6 Å². The molecule has 2 fully saturated rings. The van der Waals surface area contributed by atoms with Crippen molar-refractivity contribution in [3.8, 4) is 0 Å². The second-order valence-electron chi connectivity index (χ2n) is 6.28. The van der Waals surface area contributed by atoms with Gasteiger partial charge in [0.15, 0.2) is 0 Å². The van der Waals surface area contributed by atoms with Crippen LogP contribution in [-0.2, 0) is 0 Å². The molecule has 2 aliphatic rings. The average Bonchev–Trinajstić information content (AvgIpc) is 3.00. The molecule has 3 heterocycles. The monoisotopic (exact) mass is 346 g/mol. The van der Waals surface area contributed by atoms with E-state index in [1.165, 1.54) is 6.07 Å². The van der Waals surface area contributed by atoms with Crippen LogP contribution in [0.25, 0.3) is 0 Å². The quantitative estimate of drug-likeness (QED) is 0.914. The first-order valence-electron chi connectivity index (χ1n) is 7.53. The van der Waals surface area contributed by atoms with Crippen molar-refractivity contribution in [1.29, 1.82) is 0 Å². The number of nitrogens with zero attached hydrogens (tertiary/aromatic N) is 1. The van der Waals surface area contributed by atoms with Crippen LogP contribution in [0.4, 0.5) is 13.2 Å². The molecule has 0 saturated carbocycles. The van der Waals surface area contributed by atoms with Crippen molar-refractivity contribution in [1.82, 2.24) is 4.90 Å². The van der Waals surface area contributed by atoms with Crippen LogP contribution in [0.5, 0.6) is 0 Å². The molecule has 4 nitrogen and oxygen atoms in total. The maximum atomic E-state index is 12.7. The number of hydrogen-bond donors (Lipinski definition) is 1. The summed E-state index contributed by atoms with van der Waals surface area (Å²) in [4.78, 5) is 26.2. The molecule has 2 amide bonds.